The summed E-state index contributed by atoms with van der Waals surface area (Å²) in [6, 6.07) is 0.877. The van der Waals surface area contributed by atoms with Crippen LogP contribution in [0.2, 0.25) is 0 Å². The second kappa shape index (κ2) is 5.95. The van der Waals surface area contributed by atoms with E-state index in [-0.39, 0.29) is 24.6 Å². The van der Waals surface area contributed by atoms with Gasteiger partial charge in [0.1, 0.15) is 12.1 Å². The van der Waals surface area contributed by atoms with Gasteiger partial charge in [0.25, 0.3) is 0 Å². The molecule has 0 fully saturated rings. The van der Waals surface area contributed by atoms with E-state index in [1.165, 1.54) is 11.2 Å². The Morgan fingerprint density at radius 2 is 2.12 bits per heavy atom. The fourth-order valence-corrected chi connectivity index (χ4v) is 2.49. The lowest BCUT2D eigenvalue weighted by molar-refractivity contribution is -0.137. The number of alkyl halides is 3. The van der Waals surface area contributed by atoms with Crippen molar-refractivity contribution in [1.82, 2.24) is 19.9 Å². The zero-order chi connectivity index (χ0) is 17.3. The molecule has 2 aromatic heterocycles. The van der Waals surface area contributed by atoms with Crippen molar-refractivity contribution in [2.75, 3.05) is 11.9 Å². The number of hydrogen-bond donors (Lipinski definition) is 2. The SMILES string of the molecule is O=C(O)N1CCc2c(ncnc2Nc2cnccc2C(F)(F)F)C1. The number of anilines is 2. The molecule has 0 saturated carbocycles. The number of pyridine rings is 1. The minimum atomic E-state index is -4.53. The molecule has 0 unspecified atom stereocenters. The Bertz CT molecular complexity index is 781. The fraction of sp³-hybridized carbons (Fsp3) is 0.286. The highest BCUT2D eigenvalue weighted by Gasteiger charge is 2.34. The molecule has 0 atom stereocenters. The second-order valence-corrected chi connectivity index (χ2v) is 5.15. The predicted molar refractivity (Wildman–Crippen MR) is 76.7 cm³/mol. The topological polar surface area (TPSA) is 91.2 Å². The molecular formula is C14H12F3N5O2. The van der Waals surface area contributed by atoms with E-state index in [0.29, 0.717) is 17.7 Å². The maximum Gasteiger partial charge on any atom is 0.418 e. The Hall–Kier alpha value is -2.91. The fourth-order valence-electron chi connectivity index (χ4n) is 2.49. The Morgan fingerprint density at radius 3 is 2.83 bits per heavy atom. The number of carbonyl (C=O) groups is 1. The molecule has 1 aliphatic rings. The van der Waals surface area contributed by atoms with Crippen molar-refractivity contribution >= 4 is 17.6 Å². The summed E-state index contributed by atoms with van der Waals surface area (Å²) in [6.45, 7) is 0.296. The van der Waals surface area contributed by atoms with Crippen LogP contribution < -0.4 is 5.32 Å². The first-order chi connectivity index (χ1) is 11.4. The molecule has 0 saturated heterocycles. The van der Waals surface area contributed by atoms with Crippen molar-refractivity contribution in [3.05, 3.63) is 41.6 Å². The number of nitrogens with one attached hydrogen (secondary N) is 1. The maximum atomic E-state index is 13.1. The Balaban J connectivity index is 1.94. The lowest BCUT2D eigenvalue weighted by atomic mass is 10.1. The van der Waals surface area contributed by atoms with Crippen molar-refractivity contribution in [2.45, 2.75) is 19.1 Å². The molecule has 24 heavy (non-hydrogen) atoms. The lowest BCUT2D eigenvalue weighted by Gasteiger charge is -2.26. The highest BCUT2D eigenvalue weighted by atomic mass is 19.4. The van der Waals surface area contributed by atoms with Gasteiger partial charge in [-0.05, 0) is 12.5 Å². The molecule has 10 heteroatoms. The number of fused-ring (bicyclic) bond motifs is 1. The molecule has 126 valence electrons. The number of hydrogen-bond acceptors (Lipinski definition) is 5. The minimum Gasteiger partial charge on any atom is -0.465 e. The van der Waals surface area contributed by atoms with Gasteiger partial charge in [-0.25, -0.2) is 14.8 Å². The van der Waals surface area contributed by atoms with Gasteiger partial charge in [-0.3, -0.25) is 4.98 Å². The van der Waals surface area contributed by atoms with Crippen molar-refractivity contribution in [3.8, 4) is 0 Å². The number of carboxylic acid groups (broad SMARTS) is 1. The average molecular weight is 339 g/mol. The first-order valence-electron chi connectivity index (χ1n) is 6.95. The third-order valence-corrected chi connectivity index (χ3v) is 3.66. The summed E-state index contributed by atoms with van der Waals surface area (Å²) < 4.78 is 39.2. The van der Waals surface area contributed by atoms with E-state index in [1.54, 1.807) is 0 Å². The van der Waals surface area contributed by atoms with E-state index >= 15 is 0 Å². The van der Waals surface area contributed by atoms with E-state index < -0.39 is 17.8 Å². The number of amides is 1. The maximum absolute atomic E-state index is 13.1. The van der Waals surface area contributed by atoms with Crippen LogP contribution >= 0.6 is 0 Å². The molecule has 1 aliphatic heterocycles. The number of nitrogens with zero attached hydrogens (tertiary/aromatic N) is 4. The second-order valence-electron chi connectivity index (χ2n) is 5.15. The molecule has 3 heterocycles. The van der Waals surface area contributed by atoms with E-state index in [2.05, 4.69) is 20.3 Å². The van der Waals surface area contributed by atoms with Gasteiger partial charge < -0.3 is 15.3 Å². The molecule has 0 aromatic carbocycles. The van der Waals surface area contributed by atoms with Crippen LogP contribution in [0.5, 0.6) is 0 Å². The lowest BCUT2D eigenvalue weighted by Crippen LogP contribution is -2.35. The first kappa shape index (κ1) is 16.0. The van der Waals surface area contributed by atoms with Gasteiger partial charge in [0.05, 0.1) is 29.7 Å². The van der Waals surface area contributed by atoms with Crippen LogP contribution in [0.3, 0.4) is 0 Å². The van der Waals surface area contributed by atoms with Crippen LogP contribution in [-0.4, -0.2) is 37.6 Å². The Morgan fingerprint density at radius 1 is 1.33 bits per heavy atom. The van der Waals surface area contributed by atoms with E-state index in [4.69, 9.17) is 5.11 Å². The van der Waals surface area contributed by atoms with Crippen LogP contribution in [-0.2, 0) is 19.1 Å². The van der Waals surface area contributed by atoms with Crippen LogP contribution in [0.25, 0.3) is 0 Å². The van der Waals surface area contributed by atoms with Gasteiger partial charge in [-0.2, -0.15) is 13.2 Å². The Kier molecular flexibility index (Phi) is 3.96. The molecule has 7 nitrogen and oxygen atoms in total. The summed E-state index contributed by atoms with van der Waals surface area (Å²) in [4.78, 5) is 24.0. The summed E-state index contributed by atoms with van der Waals surface area (Å²) in [6.07, 6.45) is -1.96. The van der Waals surface area contributed by atoms with Crippen LogP contribution in [0.4, 0.5) is 29.5 Å². The molecule has 1 amide bonds. The van der Waals surface area contributed by atoms with E-state index in [0.717, 1.165) is 18.5 Å². The number of aromatic nitrogens is 3. The van der Waals surface area contributed by atoms with Crippen LogP contribution in [0.1, 0.15) is 16.8 Å². The summed E-state index contributed by atoms with van der Waals surface area (Å²) in [5, 5.41) is 11.7. The van der Waals surface area contributed by atoms with Gasteiger partial charge in [0.15, 0.2) is 0 Å². The highest BCUT2D eigenvalue weighted by Crippen LogP contribution is 2.36. The van der Waals surface area contributed by atoms with Crippen molar-refractivity contribution < 1.29 is 23.1 Å². The predicted octanol–water partition coefficient (Wildman–Crippen LogP) is 2.67. The smallest absolute Gasteiger partial charge is 0.418 e. The van der Waals surface area contributed by atoms with Gasteiger partial charge in [0.2, 0.25) is 0 Å². The summed E-state index contributed by atoms with van der Waals surface area (Å²) in [5.41, 5.74) is 0.00461. The van der Waals surface area contributed by atoms with Crippen molar-refractivity contribution in [1.29, 1.82) is 0 Å². The normalized spacial score (nSPS) is 14.2. The zero-order valence-electron chi connectivity index (χ0n) is 12.2. The molecule has 0 radical (unpaired) electrons. The first-order valence-corrected chi connectivity index (χ1v) is 6.95. The van der Waals surface area contributed by atoms with Gasteiger partial charge in [-0.1, -0.05) is 0 Å². The summed E-state index contributed by atoms with van der Waals surface area (Å²) in [5.74, 6) is 0.225. The van der Waals surface area contributed by atoms with Crippen molar-refractivity contribution in [3.63, 3.8) is 0 Å². The molecule has 2 N–H and O–H groups in total. The summed E-state index contributed by atoms with van der Waals surface area (Å²) in [7, 11) is 0. The third kappa shape index (κ3) is 3.07. The molecular weight excluding hydrogens is 327 g/mol. The van der Waals surface area contributed by atoms with E-state index in [1.807, 2.05) is 0 Å². The molecule has 0 aliphatic carbocycles. The largest absolute Gasteiger partial charge is 0.465 e. The average Bonchev–Trinajstić information content (AvgIpc) is 2.54. The van der Waals surface area contributed by atoms with Crippen molar-refractivity contribution in [2.24, 2.45) is 0 Å². The minimum absolute atomic E-state index is 0.0705. The molecule has 0 bridgehead atoms. The molecule has 0 spiro atoms. The quantitative estimate of drug-likeness (QED) is 0.874. The van der Waals surface area contributed by atoms with Crippen LogP contribution in [0, 0.1) is 0 Å². The molecule has 3 rings (SSSR count). The van der Waals surface area contributed by atoms with Gasteiger partial charge >= 0.3 is 12.3 Å². The Labute approximate surface area is 134 Å². The standard InChI is InChI=1S/C14H12F3N5O2/c15-14(16,17)9-1-3-18-5-10(9)21-12-8-2-4-22(13(23)24)6-11(8)19-7-20-12/h1,3,5,7H,2,4,6H2,(H,23,24)(H,19,20,21). The van der Waals surface area contributed by atoms with Gasteiger partial charge in [0, 0.05) is 18.3 Å². The number of rotatable bonds is 2. The van der Waals surface area contributed by atoms with Gasteiger partial charge in [-0.15, -0.1) is 0 Å². The number of halogens is 3. The van der Waals surface area contributed by atoms with Crippen LogP contribution in [0.15, 0.2) is 24.8 Å². The monoisotopic (exact) mass is 339 g/mol. The summed E-state index contributed by atoms with van der Waals surface area (Å²) >= 11 is 0. The van der Waals surface area contributed by atoms with E-state index in [9.17, 15) is 18.0 Å². The zero-order valence-corrected chi connectivity index (χ0v) is 12.2. The molecule has 2 aromatic rings. The third-order valence-electron chi connectivity index (χ3n) is 3.66. The highest BCUT2D eigenvalue weighted by molar-refractivity contribution is 5.67.